The van der Waals surface area contributed by atoms with Gasteiger partial charge in [0, 0.05) is 211 Å². The van der Waals surface area contributed by atoms with Crippen molar-refractivity contribution < 1.29 is 67.1 Å². The molecular formula is C101H125ClN24O15. The van der Waals surface area contributed by atoms with Gasteiger partial charge in [0.05, 0.1) is 21.5 Å². The number of nitro groups is 1. The van der Waals surface area contributed by atoms with Gasteiger partial charge >= 0.3 is 18.3 Å². The first-order valence-corrected chi connectivity index (χ1v) is 49.1. The number of nitrogen functional groups attached to an aromatic ring is 1. The molecular weight excluding hydrogens is 1820 g/mol. The molecule has 4 aromatic carbocycles. The Labute approximate surface area is 822 Å². The minimum absolute atomic E-state index is 0.0321. The molecule has 141 heavy (non-hydrogen) atoms. The molecule has 8 N–H and O–H groups in total. The maximum Gasteiger partial charge on any atom is 0.410 e. The minimum atomic E-state index is -0.553. The summed E-state index contributed by atoms with van der Waals surface area (Å²) in [5.41, 5.74) is 12.5. The molecule has 7 aliphatic heterocycles. The number of anilines is 5. The van der Waals surface area contributed by atoms with Gasteiger partial charge in [-0.3, -0.25) is 43.7 Å². The second-order valence-electron chi connectivity index (χ2n) is 40.5. The third-order valence-corrected chi connectivity index (χ3v) is 27.3. The Morgan fingerprint density at radius 3 is 0.972 bits per heavy atom. The normalized spacial score (nSPS) is 18.1. The van der Waals surface area contributed by atoms with Crippen LogP contribution in [0, 0.1) is 10.1 Å². The number of aromatic nitrogens is 9. The van der Waals surface area contributed by atoms with E-state index in [1.165, 1.54) is 56.4 Å². The third kappa shape index (κ3) is 23.3. The first-order valence-electron chi connectivity index (χ1n) is 48.7. The summed E-state index contributed by atoms with van der Waals surface area (Å²) in [4.78, 5) is 173. The summed E-state index contributed by atoms with van der Waals surface area (Å²) in [5.74, 6) is 0.510. The largest absolute Gasteiger partial charge is 0.444 e. The maximum absolute atomic E-state index is 13.1. The number of hydrogen-bond donors (Lipinski definition) is 7. The number of nitrogens with zero attached hydrogens (tertiary/aromatic N) is 17. The standard InChI is InChI=1S/C30H37N7O4.C25H29N7O2.C16H21N3O5.C16H23N3O3.C14H15ClN4O/c1-29(2,3)41-28(40)36-15-13-35(14-16-36)26(39)20-7-9-22(10-8-20)33-27-31-18-21-17-23-25(38)32-19-30(11-5-4-6-12-30)37(23)24(21)34-27;33-22-20-14-18-15-27-24(30-21(18)32(20)25(16-28-22)8-2-1-3-9-25)29-19-6-4-17(5-7-19)23(34)31-12-10-26-11-13-31;1-16(2,3)24-15(21)18-10-8-17(9-11-18)14(20)12-4-6-13(7-5-12)19(22)23;1-16(2,3)22-15(21)19-10-8-18(9-11-19)14(20)12-4-6-13(17)7-5-12;15-13-16-7-9-6-10-12(20)17-8-14(4-2-1-3-5-14)19(10)11(9)18-13/h7-10,17-18H,4-6,11-16,19H2,1-3H3,(H,32,38)(H,31,33,34);4-7,14-15,26H,1-3,8-13,16H2,(H,28,33)(H,27,29,30);4-7H,8-11H2,1-3H3;4-7H,8-11,17H2,1-3H3;6-7H,1-5,8H2,(H,17,20). The SMILES string of the molecule is CC(C)(C)OC(=O)N1CCN(C(=O)c2ccc(N)cc2)CC1.CC(C)(C)OC(=O)N1CCN(C(=O)c2ccc(Nc3ncc4cc5n(c4n3)C3(CCCCC3)CNC5=O)cc2)CC1.CC(C)(C)OC(=O)N1CCN(C(=O)c2ccc([N+](=O)[O-])cc2)CC1.O=C1NCC2(CCCCC2)n2c1cc1cnc(Cl)nc12.O=C1NCC2(CCCCC2)n2c1cc1cnc(Nc3ccc(C(=O)N4CCNCC4)cc3)nc12. The summed E-state index contributed by atoms with van der Waals surface area (Å²) in [6.07, 6.45) is 21.1. The van der Waals surface area contributed by atoms with Crippen molar-refractivity contribution in [2.45, 2.75) is 192 Å². The number of benzene rings is 4. The van der Waals surface area contributed by atoms with Crippen molar-refractivity contribution in [1.29, 1.82) is 0 Å². The number of piperazine rings is 4. The van der Waals surface area contributed by atoms with Crippen molar-refractivity contribution in [3.63, 3.8) is 0 Å². The molecule has 0 atom stereocenters. The topological polar surface area (TPSA) is 455 Å². The number of carbonyl (C=O) groups excluding carboxylic acids is 10. The second-order valence-corrected chi connectivity index (χ2v) is 40.9. The van der Waals surface area contributed by atoms with Gasteiger partial charge < -0.3 is 99.8 Å². The highest BCUT2D eigenvalue weighted by Crippen LogP contribution is 2.45. The van der Waals surface area contributed by atoms with Crippen LogP contribution in [0.15, 0.2) is 134 Å². The Morgan fingerprint density at radius 2 is 0.667 bits per heavy atom. The lowest BCUT2D eigenvalue weighted by molar-refractivity contribution is -0.384. The Hall–Kier alpha value is -14.1. The Kier molecular flexibility index (Phi) is 29.8. The van der Waals surface area contributed by atoms with Crippen LogP contribution in [0.3, 0.4) is 0 Å². The smallest absolute Gasteiger partial charge is 0.410 e. The highest BCUT2D eigenvalue weighted by atomic mass is 35.5. The van der Waals surface area contributed by atoms with Gasteiger partial charge in [0.1, 0.15) is 50.8 Å². The van der Waals surface area contributed by atoms with E-state index in [1.54, 1.807) is 105 Å². The van der Waals surface area contributed by atoms with Gasteiger partial charge in [-0.05, 0) is 216 Å². The second kappa shape index (κ2) is 42.1. The van der Waals surface area contributed by atoms with Gasteiger partial charge in [-0.25, -0.2) is 29.3 Å². The molecule has 10 amide bonds. The summed E-state index contributed by atoms with van der Waals surface area (Å²) in [5, 5.41) is 32.5. The monoisotopic (exact) mass is 1950 g/mol. The van der Waals surface area contributed by atoms with Gasteiger partial charge in [-0.2, -0.15) is 15.0 Å². The summed E-state index contributed by atoms with van der Waals surface area (Å²) >= 11 is 5.95. The van der Waals surface area contributed by atoms with Crippen molar-refractivity contribution in [1.82, 2.24) is 99.2 Å². The molecule has 4 saturated heterocycles. The van der Waals surface area contributed by atoms with Gasteiger partial charge in [0.2, 0.25) is 17.2 Å². The summed E-state index contributed by atoms with van der Waals surface area (Å²) in [7, 11) is 0. The lowest BCUT2D eigenvalue weighted by atomic mass is 9.80. The highest BCUT2D eigenvalue weighted by molar-refractivity contribution is 6.28. The maximum atomic E-state index is 13.1. The number of rotatable bonds is 9. The number of non-ortho nitro benzene ring substituents is 1. The number of ether oxygens (including phenoxy) is 3. The third-order valence-electron chi connectivity index (χ3n) is 27.1. The van der Waals surface area contributed by atoms with Crippen LogP contribution in [0.25, 0.3) is 33.1 Å². The molecule has 3 aliphatic carbocycles. The fraction of sp³-hybridized carbons (Fsp3) is 0.485. The van der Waals surface area contributed by atoms with Crippen molar-refractivity contribution >= 4 is 139 Å². The first kappa shape index (κ1) is 99.9. The zero-order valence-electron chi connectivity index (χ0n) is 81.4. The molecule has 746 valence electrons. The lowest BCUT2D eigenvalue weighted by Gasteiger charge is -2.42. The van der Waals surface area contributed by atoms with Crippen LogP contribution in [-0.2, 0) is 30.8 Å². The molecule has 20 rings (SSSR count). The number of amides is 10. The fourth-order valence-electron chi connectivity index (χ4n) is 19.9. The number of nitrogens with one attached hydrogen (secondary N) is 6. The number of fused-ring (bicyclic) bond motifs is 12. The molecule has 39 nitrogen and oxygen atoms in total. The van der Waals surface area contributed by atoms with Crippen LogP contribution in [0.2, 0.25) is 5.28 Å². The van der Waals surface area contributed by atoms with Gasteiger partial charge in [-0.1, -0.05) is 57.8 Å². The number of nitro benzene ring substituents is 1. The molecule has 7 fully saturated rings. The predicted octanol–water partition coefficient (Wildman–Crippen LogP) is 13.6. The van der Waals surface area contributed by atoms with E-state index in [2.05, 4.69) is 65.5 Å². The number of hydrogen-bond acceptors (Lipinski definition) is 25. The Bertz CT molecular complexity index is 6300. The Morgan fingerprint density at radius 1 is 0.390 bits per heavy atom. The average Bonchev–Trinajstić information content (AvgIpc) is 1.59. The molecule has 3 saturated carbocycles. The van der Waals surface area contributed by atoms with Crippen LogP contribution >= 0.6 is 11.6 Å². The van der Waals surface area contributed by atoms with Crippen LogP contribution in [0.5, 0.6) is 0 Å². The van der Waals surface area contributed by atoms with Gasteiger partial charge in [-0.15, -0.1) is 0 Å². The summed E-state index contributed by atoms with van der Waals surface area (Å²) in [6.45, 7) is 26.9. The first-order chi connectivity index (χ1) is 67.4. The molecule has 10 aromatic rings. The minimum Gasteiger partial charge on any atom is -0.444 e. The number of halogens is 1. The zero-order valence-corrected chi connectivity index (χ0v) is 82.2. The molecule has 10 aliphatic rings. The van der Waals surface area contributed by atoms with Crippen molar-refractivity contribution in [3.8, 4) is 0 Å². The van der Waals surface area contributed by atoms with Crippen LogP contribution in [0.4, 0.5) is 49.0 Å². The number of nitrogens with two attached hydrogens (primary N) is 1. The fourth-order valence-corrected chi connectivity index (χ4v) is 20.1. The van der Waals surface area contributed by atoms with E-state index < -0.39 is 21.7 Å². The lowest BCUT2D eigenvalue weighted by Crippen LogP contribution is -2.52. The van der Waals surface area contributed by atoms with E-state index in [-0.39, 0.29) is 87.2 Å². The average molecular weight is 1950 g/mol. The molecule has 13 heterocycles. The molecule has 0 unspecified atom stereocenters. The molecule has 0 radical (unpaired) electrons. The summed E-state index contributed by atoms with van der Waals surface area (Å²) < 4.78 is 22.5. The highest BCUT2D eigenvalue weighted by Gasteiger charge is 2.46. The van der Waals surface area contributed by atoms with E-state index >= 15 is 0 Å². The Balaban J connectivity index is 0.000000130. The predicted molar refractivity (Wildman–Crippen MR) is 531 cm³/mol. The molecule has 0 bridgehead atoms. The van der Waals surface area contributed by atoms with Gasteiger partial charge in [0.25, 0.3) is 47.0 Å². The molecule has 40 heteroatoms. The summed E-state index contributed by atoms with van der Waals surface area (Å²) in [6, 6.07) is 32.7. The van der Waals surface area contributed by atoms with E-state index in [4.69, 9.17) is 41.5 Å². The van der Waals surface area contributed by atoms with E-state index in [0.717, 1.165) is 135 Å². The van der Waals surface area contributed by atoms with E-state index in [0.29, 0.717) is 155 Å². The van der Waals surface area contributed by atoms with Crippen LogP contribution < -0.4 is 37.6 Å². The van der Waals surface area contributed by atoms with Crippen molar-refractivity contribution in [2.24, 2.45) is 0 Å². The van der Waals surface area contributed by atoms with Crippen LogP contribution in [-0.4, -0.2) is 284 Å². The van der Waals surface area contributed by atoms with Crippen molar-refractivity contribution in [2.75, 3.05) is 141 Å². The zero-order chi connectivity index (χ0) is 99.9. The van der Waals surface area contributed by atoms with E-state index in [9.17, 15) is 58.1 Å². The quantitative estimate of drug-likeness (QED) is 0.0232. The van der Waals surface area contributed by atoms with Crippen LogP contribution in [0.1, 0.15) is 232 Å². The molecule has 3 spiro atoms. The van der Waals surface area contributed by atoms with Gasteiger partial charge in [0.15, 0.2) is 0 Å². The van der Waals surface area contributed by atoms with Crippen molar-refractivity contribution in [3.05, 3.63) is 189 Å². The molecule has 6 aromatic heterocycles. The number of carbonyl (C=O) groups is 10. The van der Waals surface area contributed by atoms with E-state index in [1.807, 2.05) is 101 Å².